The molecular weight excluding hydrogens is 392 g/mol. The lowest BCUT2D eigenvalue weighted by atomic mass is 9.90. The molecule has 0 aromatic heterocycles. The van der Waals surface area contributed by atoms with Gasteiger partial charge in [0.15, 0.2) is 0 Å². The number of carbonyl (C=O) groups excluding carboxylic acids is 2. The Hall–Kier alpha value is -2.54. The van der Waals surface area contributed by atoms with Gasteiger partial charge in [-0.15, -0.1) is 0 Å². The minimum absolute atomic E-state index is 0.0259. The van der Waals surface area contributed by atoms with Crippen LogP contribution in [0.15, 0.2) is 35.5 Å². The molecule has 1 fully saturated rings. The van der Waals surface area contributed by atoms with Crippen molar-refractivity contribution in [2.45, 2.75) is 57.9 Å². The Bertz CT molecular complexity index is 772. The van der Waals surface area contributed by atoms with Gasteiger partial charge >= 0.3 is 0 Å². The van der Waals surface area contributed by atoms with E-state index in [1.807, 2.05) is 18.2 Å². The van der Waals surface area contributed by atoms with Crippen LogP contribution in [0.25, 0.3) is 0 Å². The summed E-state index contributed by atoms with van der Waals surface area (Å²) in [7, 11) is 0. The van der Waals surface area contributed by atoms with E-state index in [2.05, 4.69) is 34.3 Å². The third-order valence-electron chi connectivity index (χ3n) is 5.81. The van der Waals surface area contributed by atoms with Crippen molar-refractivity contribution in [2.75, 3.05) is 32.8 Å². The first-order valence-corrected chi connectivity index (χ1v) is 11.6. The van der Waals surface area contributed by atoms with Crippen LogP contribution in [0.1, 0.15) is 51.0 Å². The van der Waals surface area contributed by atoms with Crippen LogP contribution in [0.3, 0.4) is 0 Å². The summed E-state index contributed by atoms with van der Waals surface area (Å²) in [5.41, 5.74) is 3.46. The van der Waals surface area contributed by atoms with Gasteiger partial charge in [0.1, 0.15) is 18.4 Å². The Balaban J connectivity index is 1.69. The second kappa shape index (κ2) is 12.3. The van der Waals surface area contributed by atoms with E-state index in [0.29, 0.717) is 26.2 Å². The van der Waals surface area contributed by atoms with Crippen molar-refractivity contribution >= 4 is 11.8 Å². The maximum absolute atomic E-state index is 12.9. The molecule has 1 aromatic carbocycles. The molecule has 1 aromatic rings. The third-order valence-corrected chi connectivity index (χ3v) is 5.81. The van der Waals surface area contributed by atoms with E-state index in [4.69, 9.17) is 4.74 Å². The van der Waals surface area contributed by atoms with E-state index in [1.165, 1.54) is 12.0 Å². The highest BCUT2D eigenvalue weighted by molar-refractivity contribution is 5.82. The van der Waals surface area contributed by atoms with Gasteiger partial charge in [0.05, 0.1) is 13.1 Å². The Labute approximate surface area is 185 Å². The summed E-state index contributed by atoms with van der Waals surface area (Å²) in [6.45, 7) is 4.49. The summed E-state index contributed by atoms with van der Waals surface area (Å²) < 4.78 is 5.91. The number of hydrogen-bond acceptors (Lipinski definition) is 5. The van der Waals surface area contributed by atoms with Gasteiger partial charge in [0.25, 0.3) is 0 Å². The Morgan fingerprint density at radius 1 is 1.00 bits per heavy atom. The zero-order chi connectivity index (χ0) is 21.9. The lowest BCUT2D eigenvalue weighted by Crippen LogP contribution is -2.47. The molecule has 2 aliphatic rings. The molecule has 1 heterocycles. The number of fused-ring (bicyclic) bond motifs is 1. The molecule has 1 atom stereocenters. The third kappa shape index (κ3) is 7.28. The van der Waals surface area contributed by atoms with Crippen molar-refractivity contribution in [2.24, 2.45) is 0 Å². The van der Waals surface area contributed by atoms with Crippen molar-refractivity contribution in [3.05, 3.63) is 41.1 Å². The highest BCUT2D eigenvalue weighted by Crippen LogP contribution is 2.28. The van der Waals surface area contributed by atoms with Crippen LogP contribution in [-0.2, 0) is 16.0 Å². The molecule has 1 aliphatic heterocycles. The fourth-order valence-electron chi connectivity index (χ4n) is 3.85. The van der Waals surface area contributed by atoms with Crippen molar-refractivity contribution in [3.8, 4) is 5.75 Å². The Morgan fingerprint density at radius 3 is 2.61 bits per heavy atom. The first-order chi connectivity index (χ1) is 15.2. The van der Waals surface area contributed by atoms with Crippen molar-refractivity contribution < 1.29 is 14.3 Å². The molecule has 1 unspecified atom stereocenters. The fraction of sp³-hybridized carbons (Fsp3) is 0.583. The molecule has 7 nitrogen and oxygen atoms in total. The molecule has 7 heteroatoms. The number of para-hydroxylation sites is 1. The molecular formula is C24H36N4O3. The molecule has 170 valence electrons. The average molecular weight is 429 g/mol. The molecule has 0 bridgehead atoms. The van der Waals surface area contributed by atoms with Gasteiger partial charge in [0.2, 0.25) is 11.8 Å². The molecule has 1 saturated carbocycles. The van der Waals surface area contributed by atoms with Crippen LogP contribution in [0.4, 0.5) is 0 Å². The Kier molecular flexibility index (Phi) is 9.21. The number of benzene rings is 1. The smallest absolute Gasteiger partial charge is 0.242 e. The molecule has 4 N–H and O–H groups in total. The van der Waals surface area contributed by atoms with Crippen LogP contribution in [-0.4, -0.2) is 50.6 Å². The minimum atomic E-state index is -0.280. The minimum Gasteiger partial charge on any atom is -0.492 e. The zero-order valence-corrected chi connectivity index (χ0v) is 18.6. The highest BCUT2D eigenvalue weighted by atomic mass is 16.5. The second-order valence-electron chi connectivity index (χ2n) is 8.23. The lowest BCUT2D eigenvalue weighted by Gasteiger charge is -2.27. The summed E-state index contributed by atoms with van der Waals surface area (Å²) >= 11 is 0. The first kappa shape index (κ1) is 23.1. The topological polar surface area (TPSA) is 91.5 Å². The van der Waals surface area contributed by atoms with Gasteiger partial charge < -0.3 is 26.0 Å². The van der Waals surface area contributed by atoms with E-state index < -0.39 is 0 Å². The highest BCUT2D eigenvalue weighted by Gasteiger charge is 2.22. The van der Waals surface area contributed by atoms with Gasteiger partial charge in [0, 0.05) is 18.8 Å². The second-order valence-corrected chi connectivity index (χ2v) is 8.23. The molecule has 2 amide bonds. The predicted molar refractivity (Wildman–Crippen MR) is 122 cm³/mol. The lowest BCUT2D eigenvalue weighted by molar-refractivity contribution is -0.123. The van der Waals surface area contributed by atoms with Gasteiger partial charge in [-0.25, -0.2) is 0 Å². The van der Waals surface area contributed by atoms with Crippen molar-refractivity contribution in [1.29, 1.82) is 0 Å². The fourth-order valence-corrected chi connectivity index (χ4v) is 3.85. The van der Waals surface area contributed by atoms with Crippen LogP contribution >= 0.6 is 0 Å². The van der Waals surface area contributed by atoms with Crippen LogP contribution in [0.5, 0.6) is 5.75 Å². The molecule has 31 heavy (non-hydrogen) atoms. The SMILES string of the molecule is CCCC1NC(=C2CCC2)CNC(=O)CNCCOc2ccccc2CCCNC1=O. The van der Waals surface area contributed by atoms with E-state index >= 15 is 0 Å². The molecule has 3 rings (SSSR count). The quantitative estimate of drug-likeness (QED) is 0.579. The number of rotatable bonds is 2. The van der Waals surface area contributed by atoms with Gasteiger partial charge in [-0.05, 0) is 55.7 Å². The average Bonchev–Trinajstić information content (AvgIpc) is 2.73. The molecule has 0 saturated heterocycles. The van der Waals surface area contributed by atoms with Crippen LogP contribution in [0, 0.1) is 0 Å². The molecule has 1 aliphatic carbocycles. The maximum Gasteiger partial charge on any atom is 0.242 e. The van der Waals surface area contributed by atoms with Crippen LogP contribution in [0.2, 0.25) is 0 Å². The summed E-state index contributed by atoms with van der Waals surface area (Å²) in [5, 5.41) is 12.7. The van der Waals surface area contributed by atoms with Gasteiger partial charge in [-0.2, -0.15) is 0 Å². The predicted octanol–water partition coefficient (Wildman–Crippen LogP) is 2.03. The van der Waals surface area contributed by atoms with E-state index in [0.717, 1.165) is 55.5 Å². The number of nitrogens with one attached hydrogen (secondary N) is 4. The van der Waals surface area contributed by atoms with Gasteiger partial charge in [-0.3, -0.25) is 9.59 Å². The van der Waals surface area contributed by atoms with Gasteiger partial charge in [-0.1, -0.05) is 31.5 Å². The number of ether oxygens (including phenoxy) is 1. The van der Waals surface area contributed by atoms with Crippen molar-refractivity contribution in [3.63, 3.8) is 0 Å². The van der Waals surface area contributed by atoms with E-state index in [1.54, 1.807) is 0 Å². The van der Waals surface area contributed by atoms with Crippen LogP contribution < -0.4 is 26.0 Å². The summed E-state index contributed by atoms with van der Waals surface area (Å²) in [4.78, 5) is 25.1. The largest absolute Gasteiger partial charge is 0.492 e. The number of aryl methyl sites for hydroxylation is 1. The van der Waals surface area contributed by atoms with Crippen molar-refractivity contribution in [1.82, 2.24) is 21.3 Å². The number of amides is 2. The monoisotopic (exact) mass is 428 g/mol. The number of allylic oxidation sites excluding steroid dienone is 1. The van der Waals surface area contributed by atoms with E-state index in [-0.39, 0.29) is 24.4 Å². The van der Waals surface area contributed by atoms with E-state index in [9.17, 15) is 9.59 Å². The summed E-state index contributed by atoms with van der Waals surface area (Å²) in [5.74, 6) is 0.832. The molecule has 0 spiro atoms. The normalized spacial score (nSPS) is 21.9. The zero-order valence-electron chi connectivity index (χ0n) is 18.6. The summed E-state index contributed by atoms with van der Waals surface area (Å²) in [6.07, 6.45) is 6.60. The first-order valence-electron chi connectivity index (χ1n) is 11.6. The number of hydrogen-bond donors (Lipinski definition) is 4. The maximum atomic E-state index is 12.9. The summed E-state index contributed by atoms with van der Waals surface area (Å²) in [6, 6.07) is 7.72. The Morgan fingerprint density at radius 2 is 1.84 bits per heavy atom. The molecule has 0 radical (unpaired) electrons. The standard InChI is InChI=1S/C24H36N4O3/c1-2-7-20-24(30)26-13-6-11-19-8-3-4-12-22(19)31-15-14-25-17-23(29)27-16-21(28-20)18-9-5-10-18/h3-4,8,12,20,25,28H,2,5-7,9-11,13-17H2,1H3,(H,26,30)(H,27,29). The number of carbonyl (C=O) groups is 2.